The van der Waals surface area contributed by atoms with Gasteiger partial charge in [0.25, 0.3) is 5.91 Å². The van der Waals surface area contributed by atoms with Gasteiger partial charge in [0.15, 0.2) is 5.70 Å². The summed E-state index contributed by atoms with van der Waals surface area (Å²) in [7, 11) is 0. The number of hydrogen-bond acceptors (Lipinski definition) is 8. The van der Waals surface area contributed by atoms with Crippen molar-refractivity contribution in [1.82, 2.24) is 4.90 Å². The molecule has 1 heterocycles. The molecule has 11 nitrogen and oxygen atoms in total. The molecular formula is C19H29Cl2N7O4. The number of nitrogens with zero attached hydrogens (tertiary/aromatic N) is 3. The van der Waals surface area contributed by atoms with Crippen LogP contribution in [0.5, 0.6) is 5.75 Å². The lowest BCUT2D eigenvalue weighted by Crippen LogP contribution is -2.57. The van der Waals surface area contributed by atoms with Crippen molar-refractivity contribution in [3.63, 3.8) is 0 Å². The summed E-state index contributed by atoms with van der Waals surface area (Å²) < 4.78 is 5.42. The average Bonchev–Trinajstić information content (AvgIpc) is 2.75. The van der Waals surface area contributed by atoms with Crippen molar-refractivity contribution in [2.45, 2.75) is 32.0 Å². The summed E-state index contributed by atoms with van der Waals surface area (Å²) in [6, 6.07) is 6.80. The predicted octanol–water partition coefficient (Wildman–Crippen LogP) is 0.232. The van der Waals surface area contributed by atoms with Gasteiger partial charge in [-0.25, -0.2) is 4.99 Å². The number of unbranched alkanes of at least 4 members (excludes halogenated alkanes) is 1. The van der Waals surface area contributed by atoms with Crippen molar-refractivity contribution in [1.29, 1.82) is 5.41 Å². The van der Waals surface area contributed by atoms with E-state index in [0.29, 0.717) is 18.0 Å². The van der Waals surface area contributed by atoms with Crippen molar-refractivity contribution in [2.75, 3.05) is 24.7 Å². The molecule has 1 aliphatic rings. The first-order chi connectivity index (χ1) is 14.7. The van der Waals surface area contributed by atoms with E-state index in [0.717, 1.165) is 12.8 Å². The lowest BCUT2D eigenvalue weighted by molar-refractivity contribution is -0.114. The summed E-state index contributed by atoms with van der Waals surface area (Å²) in [6.07, 6.45) is -0.393. The topological polar surface area (TPSA) is 188 Å². The Morgan fingerprint density at radius 3 is 2.56 bits per heavy atom. The first-order valence-electron chi connectivity index (χ1n) is 9.67. The molecule has 1 aliphatic heterocycles. The molecule has 0 radical (unpaired) electrons. The normalized spacial score (nSPS) is 16.7. The number of aliphatic hydroxyl groups excluding tert-OH is 2. The third-order valence-electron chi connectivity index (χ3n) is 4.50. The number of aliphatic hydroxyl groups is 2. The number of carbonyl (C=O) groups excluding carboxylic acids is 1. The number of guanidine groups is 1. The second-order valence-electron chi connectivity index (χ2n) is 6.82. The molecule has 178 valence electrons. The van der Waals surface area contributed by atoms with Crippen LogP contribution in [0.25, 0.3) is 0 Å². The number of primary amides is 1. The molecule has 0 aromatic heterocycles. The third-order valence-corrected chi connectivity index (χ3v) is 4.81. The van der Waals surface area contributed by atoms with Gasteiger partial charge in [-0.3, -0.25) is 15.1 Å². The molecule has 0 saturated heterocycles. The molecule has 9 N–H and O–H groups in total. The van der Waals surface area contributed by atoms with Gasteiger partial charge in [-0.05, 0) is 30.7 Å². The van der Waals surface area contributed by atoms with Gasteiger partial charge in [-0.2, -0.15) is 0 Å². The molecule has 0 fully saturated rings. The standard InChI is InChI=1S/C19H28ClN7O4.ClH/c1-2-3-8-26(11-4-6-13(7-5-11)31-10-12(29)9-28)19(24)27-16(21)14(18(23)30)25-15(20)17(27)22;/h4-7,12,17,24,28-29H,2-3,8-10,21-22H2,1H3,(H2,23,30);1H/t12-,17?;/m1./s1. The zero-order valence-electron chi connectivity index (χ0n) is 17.6. The third kappa shape index (κ3) is 6.47. The van der Waals surface area contributed by atoms with Crippen LogP contribution in [0.1, 0.15) is 19.8 Å². The van der Waals surface area contributed by atoms with Gasteiger partial charge in [-0.15, -0.1) is 12.4 Å². The minimum atomic E-state index is -1.05. The molecule has 1 aromatic carbocycles. The molecule has 1 aromatic rings. The highest BCUT2D eigenvalue weighted by Gasteiger charge is 2.34. The zero-order valence-corrected chi connectivity index (χ0v) is 19.1. The Balaban J connectivity index is 0.00000512. The smallest absolute Gasteiger partial charge is 0.271 e. The number of anilines is 1. The molecular weight excluding hydrogens is 461 g/mol. The predicted molar refractivity (Wildman–Crippen MR) is 126 cm³/mol. The van der Waals surface area contributed by atoms with Crippen molar-refractivity contribution in [2.24, 2.45) is 22.2 Å². The SMILES string of the molecule is CCCCN(C(=N)N1C(N)=C(C(N)=O)N=C(Cl)C1N)c1ccc(OC[C@H](O)CO)cc1.Cl. The van der Waals surface area contributed by atoms with Gasteiger partial charge < -0.3 is 37.1 Å². The Labute approximate surface area is 197 Å². The lowest BCUT2D eigenvalue weighted by atomic mass is 10.2. The first-order valence-corrected chi connectivity index (χ1v) is 10.0. The Kier molecular flexibility index (Phi) is 10.7. The molecule has 2 rings (SSSR count). The van der Waals surface area contributed by atoms with Gasteiger partial charge in [0.1, 0.15) is 35.6 Å². The van der Waals surface area contributed by atoms with E-state index < -0.39 is 24.8 Å². The van der Waals surface area contributed by atoms with E-state index in [-0.39, 0.29) is 41.7 Å². The van der Waals surface area contributed by atoms with Crippen LogP contribution in [0.15, 0.2) is 40.8 Å². The van der Waals surface area contributed by atoms with Gasteiger partial charge in [0.05, 0.1) is 6.61 Å². The molecule has 13 heteroatoms. The van der Waals surface area contributed by atoms with Crippen molar-refractivity contribution < 1.29 is 19.7 Å². The summed E-state index contributed by atoms with van der Waals surface area (Å²) in [5.41, 5.74) is 17.9. The molecule has 1 unspecified atom stereocenters. The van der Waals surface area contributed by atoms with Crippen LogP contribution in [-0.2, 0) is 4.79 Å². The summed E-state index contributed by atoms with van der Waals surface area (Å²) in [5.74, 6) is -0.658. The monoisotopic (exact) mass is 489 g/mol. The number of benzene rings is 1. The number of rotatable bonds is 9. The summed E-state index contributed by atoms with van der Waals surface area (Å²) in [4.78, 5) is 18.4. The number of nitrogens with two attached hydrogens (primary N) is 3. The number of aliphatic imine (C=N–C) groups is 1. The number of ether oxygens (including phenoxy) is 1. The van der Waals surface area contributed by atoms with Crippen LogP contribution >= 0.6 is 24.0 Å². The Morgan fingerprint density at radius 2 is 2.03 bits per heavy atom. The molecule has 0 spiro atoms. The lowest BCUT2D eigenvalue weighted by Gasteiger charge is -2.38. The molecule has 2 atom stereocenters. The maximum Gasteiger partial charge on any atom is 0.271 e. The first kappa shape index (κ1) is 27.5. The second-order valence-corrected chi connectivity index (χ2v) is 7.20. The van der Waals surface area contributed by atoms with Gasteiger partial charge in [0, 0.05) is 12.2 Å². The van der Waals surface area contributed by atoms with Crippen LogP contribution in [-0.4, -0.2) is 64.2 Å². The number of halogens is 2. The van der Waals surface area contributed by atoms with Crippen molar-refractivity contribution in [3.05, 3.63) is 35.8 Å². The zero-order chi connectivity index (χ0) is 23.1. The van der Waals surface area contributed by atoms with Crippen molar-refractivity contribution in [3.8, 4) is 5.75 Å². The number of amides is 1. The maximum atomic E-state index is 11.7. The van der Waals surface area contributed by atoms with Crippen LogP contribution in [0.2, 0.25) is 0 Å². The van der Waals surface area contributed by atoms with E-state index in [1.165, 1.54) is 4.90 Å². The Bertz CT molecular complexity index is 864. The number of carbonyl (C=O) groups is 1. The summed E-state index contributed by atoms with van der Waals surface area (Å²) in [5, 5.41) is 26.9. The van der Waals surface area contributed by atoms with Crippen LogP contribution in [0.4, 0.5) is 5.69 Å². The molecule has 0 saturated carbocycles. The van der Waals surface area contributed by atoms with Gasteiger partial charge >= 0.3 is 0 Å². The van der Waals surface area contributed by atoms with E-state index in [1.807, 2.05) is 6.92 Å². The molecule has 0 bridgehead atoms. The second kappa shape index (κ2) is 12.5. The number of hydrogen-bond donors (Lipinski definition) is 6. The number of nitrogens with one attached hydrogen (secondary N) is 1. The maximum absolute atomic E-state index is 11.7. The van der Waals surface area contributed by atoms with E-state index in [4.69, 9.17) is 44.1 Å². The summed E-state index contributed by atoms with van der Waals surface area (Å²) >= 11 is 6.07. The average molecular weight is 490 g/mol. The minimum absolute atomic E-state index is 0. The fourth-order valence-corrected chi connectivity index (χ4v) is 2.98. The van der Waals surface area contributed by atoms with Gasteiger partial charge in [0.2, 0.25) is 5.96 Å². The van der Waals surface area contributed by atoms with Crippen molar-refractivity contribution >= 4 is 46.7 Å². The largest absolute Gasteiger partial charge is 0.491 e. The fourth-order valence-electron chi connectivity index (χ4n) is 2.80. The highest BCUT2D eigenvalue weighted by molar-refractivity contribution is 6.67. The van der Waals surface area contributed by atoms with E-state index >= 15 is 0 Å². The van der Waals surface area contributed by atoms with Crippen LogP contribution in [0, 0.1) is 5.41 Å². The minimum Gasteiger partial charge on any atom is -0.491 e. The summed E-state index contributed by atoms with van der Waals surface area (Å²) in [6.45, 7) is 2.03. The fraction of sp³-hybridized carbons (Fsp3) is 0.421. The van der Waals surface area contributed by atoms with Crippen LogP contribution in [0.3, 0.4) is 0 Å². The van der Waals surface area contributed by atoms with E-state index in [9.17, 15) is 9.90 Å². The van der Waals surface area contributed by atoms with Gasteiger partial charge in [-0.1, -0.05) is 24.9 Å². The van der Waals surface area contributed by atoms with Crippen LogP contribution < -0.4 is 26.8 Å². The highest BCUT2D eigenvalue weighted by Crippen LogP contribution is 2.25. The quantitative estimate of drug-likeness (QED) is 0.210. The van der Waals surface area contributed by atoms with E-state index in [1.54, 1.807) is 29.2 Å². The Hall–Kier alpha value is -2.57. The van der Waals surface area contributed by atoms with E-state index in [2.05, 4.69) is 4.99 Å². The Morgan fingerprint density at radius 1 is 1.41 bits per heavy atom. The molecule has 0 aliphatic carbocycles. The molecule has 32 heavy (non-hydrogen) atoms. The highest BCUT2D eigenvalue weighted by atomic mass is 35.5. The molecule has 1 amide bonds.